The van der Waals surface area contributed by atoms with Gasteiger partial charge in [-0.2, -0.15) is 0 Å². The normalized spacial score (nSPS) is 11.9. The summed E-state index contributed by atoms with van der Waals surface area (Å²) in [5.41, 5.74) is -0.0274. The van der Waals surface area contributed by atoms with Crippen molar-refractivity contribution >= 4 is 14.7 Å². The van der Waals surface area contributed by atoms with E-state index in [2.05, 4.69) is 33.9 Å². The van der Waals surface area contributed by atoms with Gasteiger partial charge in [-0.3, -0.25) is 4.79 Å². The highest BCUT2D eigenvalue weighted by Crippen LogP contribution is 2.12. The topological polar surface area (TPSA) is 20.3 Å². The summed E-state index contributed by atoms with van der Waals surface area (Å²) >= 11 is 0. The van der Waals surface area contributed by atoms with Gasteiger partial charge in [0.05, 0.1) is 0 Å². The standard InChI is InChI=1S/C9H21NOSi/c1-9(2,3)10(4)8(11)7-12(5)6/h12H,7H2,1-6H3. The maximum Gasteiger partial charge on any atom is 0.219 e. The summed E-state index contributed by atoms with van der Waals surface area (Å²) in [6.07, 6.45) is 0. The molecule has 0 fully saturated rings. The van der Waals surface area contributed by atoms with Crippen LogP contribution < -0.4 is 0 Å². The first-order chi connectivity index (χ1) is 5.25. The molecule has 0 bridgehead atoms. The number of amides is 1. The first-order valence-electron chi connectivity index (χ1n) is 4.52. The fourth-order valence-electron chi connectivity index (χ4n) is 0.860. The van der Waals surface area contributed by atoms with E-state index in [1.54, 1.807) is 0 Å². The minimum atomic E-state index is -0.748. The van der Waals surface area contributed by atoms with Crippen LogP contribution in [0.2, 0.25) is 19.1 Å². The molecule has 0 rings (SSSR count). The van der Waals surface area contributed by atoms with Crippen LogP contribution in [-0.2, 0) is 4.79 Å². The van der Waals surface area contributed by atoms with Crippen molar-refractivity contribution in [3.63, 3.8) is 0 Å². The predicted molar refractivity (Wildman–Crippen MR) is 56.2 cm³/mol. The Bertz CT molecular complexity index is 160. The zero-order chi connectivity index (χ0) is 9.94. The molecule has 0 radical (unpaired) electrons. The summed E-state index contributed by atoms with van der Waals surface area (Å²) < 4.78 is 0. The van der Waals surface area contributed by atoms with Gasteiger partial charge in [-0.05, 0) is 20.8 Å². The number of hydrogen-bond donors (Lipinski definition) is 0. The van der Waals surface area contributed by atoms with Crippen LogP contribution >= 0.6 is 0 Å². The first kappa shape index (κ1) is 11.7. The van der Waals surface area contributed by atoms with E-state index in [1.165, 1.54) is 0 Å². The Morgan fingerprint density at radius 3 is 2.00 bits per heavy atom. The Morgan fingerprint density at radius 1 is 1.33 bits per heavy atom. The second kappa shape index (κ2) is 4.08. The molecule has 0 aromatic carbocycles. The van der Waals surface area contributed by atoms with Crippen molar-refractivity contribution in [1.82, 2.24) is 4.90 Å². The Balaban J connectivity index is 4.12. The quantitative estimate of drug-likeness (QED) is 0.603. The smallest absolute Gasteiger partial charge is 0.219 e. The molecule has 1 amide bonds. The van der Waals surface area contributed by atoms with E-state index < -0.39 is 8.80 Å². The second-order valence-electron chi connectivity index (χ2n) is 4.72. The van der Waals surface area contributed by atoms with Crippen LogP contribution in [0.1, 0.15) is 20.8 Å². The van der Waals surface area contributed by atoms with Crippen molar-refractivity contribution in [3.8, 4) is 0 Å². The summed E-state index contributed by atoms with van der Waals surface area (Å²) in [5.74, 6) is 0.296. The molecule has 0 spiro atoms. The number of carbonyl (C=O) groups is 1. The van der Waals surface area contributed by atoms with Crippen LogP contribution in [0.5, 0.6) is 0 Å². The zero-order valence-corrected chi connectivity index (χ0v) is 10.3. The summed E-state index contributed by atoms with van der Waals surface area (Å²) in [6, 6.07) is 0.785. The Hall–Kier alpha value is -0.313. The monoisotopic (exact) mass is 187 g/mol. The lowest BCUT2D eigenvalue weighted by Gasteiger charge is -2.32. The Kier molecular flexibility index (Phi) is 3.97. The van der Waals surface area contributed by atoms with E-state index in [0.717, 1.165) is 6.04 Å². The third kappa shape index (κ3) is 3.90. The SMILES string of the molecule is CN(C(=O)C[SiH](C)C)C(C)(C)C. The van der Waals surface area contributed by atoms with Crippen LogP contribution in [0.15, 0.2) is 0 Å². The molecule has 0 aliphatic carbocycles. The van der Waals surface area contributed by atoms with E-state index in [4.69, 9.17) is 0 Å². The summed E-state index contributed by atoms with van der Waals surface area (Å²) in [7, 11) is 1.14. The highest BCUT2D eigenvalue weighted by molar-refractivity contribution is 6.59. The summed E-state index contributed by atoms with van der Waals surface area (Å²) in [6.45, 7) is 10.6. The first-order valence-corrected chi connectivity index (χ1v) is 7.64. The number of nitrogens with zero attached hydrogens (tertiary/aromatic N) is 1. The molecule has 0 unspecified atom stereocenters. The van der Waals surface area contributed by atoms with E-state index in [-0.39, 0.29) is 5.54 Å². The van der Waals surface area contributed by atoms with Crippen molar-refractivity contribution in [3.05, 3.63) is 0 Å². The molecule has 0 heterocycles. The van der Waals surface area contributed by atoms with Crippen molar-refractivity contribution in [2.75, 3.05) is 7.05 Å². The van der Waals surface area contributed by atoms with E-state index in [9.17, 15) is 4.79 Å². The minimum Gasteiger partial charge on any atom is -0.341 e. The lowest BCUT2D eigenvalue weighted by molar-refractivity contribution is -0.131. The molecular weight excluding hydrogens is 166 g/mol. The molecule has 0 atom stereocenters. The van der Waals surface area contributed by atoms with Gasteiger partial charge < -0.3 is 4.90 Å². The van der Waals surface area contributed by atoms with E-state index in [1.807, 2.05) is 11.9 Å². The maximum absolute atomic E-state index is 11.6. The zero-order valence-electron chi connectivity index (χ0n) is 9.14. The summed E-state index contributed by atoms with van der Waals surface area (Å²) in [5, 5.41) is 0. The van der Waals surface area contributed by atoms with Crippen molar-refractivity contribution < 1.29 is 4.79 Å². The molecule has 12 heavy (non-hydrogen) atoms. The van der Waals surface area contributed by atoms with Gasteiger partial charge in [0.25, 0.3) is 0 Å². The highest BCUT2D eigenvalue weighted by atomic mass is 28.3. The van der Waals surface area contributed by atoms with Gasteiger partial charge in [0.15, 0.2) is 0 Å². The van der Waals surface area contributed by atoms with Gasteiger partial charge in [-0.15, -0.1) is 0 Å². The van der Waals surface area contributed by atoms with Gasteiger partial charge in [-0.25, -0.2) is 0 Å². The molecule has 0 aliphatic rings. The molecular formula is C9H21NOSi. The van der Waals surface area contributed by atoms with Crippen LogP contribution in [0.25, 0.3) is 0 Å². The lowest BCUT2D eigenvalue weighted by Crippen LogP contribution is -2.43. The Morgan fingerprint density at radius 2 is 1.75 bits per heavy atom. The van der Waals surface area contributed by atoms with Crippen LogP contribution in [0, 0.1) is 0 Å². The number of rotatable bonds is 2. The van der Waals surface area contributed by atoms with Gasteiger partial charge in [0, 0.05) is 27.4 Å². The Labute approximate surface area is 77.6 Å². The van der Waals surface area contributed by atoms with Gasteiger partial charge in [-0.1, -0.05) is 13.1 Å². The molecule has 2 nitrogen and oxygen atoms in total. The maximum atomic E-state index is 11.6. The molecule has 0 N–H and O–H groups in total. The molecule has 0 saturated carbocycles. The highest BCUT2D eigenvalue weighted by Gasteiger charge is 2.22. The largest absolute Gasteiger partial charge is 0.341 e. The third-order valence-corrected chi connectivity index (χ3v) is 3.13. The van der Waals surface area contributed by atoms with E-state index >= 15 is 0 Å². The molecule has 0 aromatic heterocycles. The van der Waals surface area contributed by atoms with Crippen LogP contribution in [0.4, 0.5) is 0 Å². The molecule has 72 valence electrons. The van der Waals surface area contributed by atoms with Crippen molar-refractivity contribution in [1.29, 1.82) is 0 Å². The van der Waals surface area contributed by atoms with Crippen molar-refractivity contribution in [2.24, 2.45) is 0 Å². The number of carbonyl (C=O) groups excluding carboxylic acids is 1. The fraction of sp³-hybridized carbons (Fsp3) is 0.889. The van der Waals surface area contributed by atoms with Crippen LogP contribution in [-0.4, -0.2) is 32.2 Å². The lowest BCUT2D eigenvalue weighted by atomic mass is 10.1. The molecule has 0 aromatic rings. The second-order valence-corrected chi connectivity index (χ2v) is 7.92. The molecule has 0 aliphatic heterocycles. The predicted octanol–water partition coefficient (Wildman–Crippen LogP) is 1.73. The molecule has 3 heteroatoms. The fourth-order valence-corrected chi connectivity index (χ4v) is 1.83. The van der Waals surface area contributed by atoms with Gasteiger partial charge >= 0.3 is 0 Å². The average Bonchev–Trinajstić information content (AvgIpc) is 1.82. The summed E-state index contributed by atoms with van der Waals surface area (Å²) in [4.78, 5) is 13.4. The van der Waals surface area contributed by atoms with Crippen molar-refractivity contribution in [2.45, 2.75) is 45.4 Å². The van der Waals surface area contributed by atoms with Gasteiger partial charge in [0.1, 0.15) is 0 Å². The number of hydrogen-bond acceptors (Lipinski definition) is 1. The van der Waals surface area contributed by atoms with Gasteiger partial charge in [0.2, 0.25) is 5.91 Å². The molecule has 0 saturated heterocycles. The van der Waals surface area contributed by atoms with E-state index in [0.29, 0.717) is 5.91 Å². The third-order valence-electron chi connectivity index (χ3n) is 1.96. The van der Waals surface area contributed by atoms with Crippen LogP contribution in [0.3, 0.4) is 0 Å². The average molecular weight is 187 g/mol. The minimum absolute atomic E-state index is 0.0274.